The second-order valence-electron chi connectivity index (χ2n) is 6.51. The van der Waals surface area contributed by atoms with Crippen molar-refractivity contribution in [1.29, 1.82) is 0 Å². The quantitative estimate of drug-likeness (QED) is 0.550. The largest absolute Gasteiger partial charge is 0.469 e. The molecule has 0 unspecified atom stereocenters. The van der Waals surface area contributed by atoms with E-state index < -0.39 is 28.2 Å². The number of rotatable bonds is 1. The van der Waals surface area contributed by atoms with E-state index in [9.17, 15) is 20.1 Å². The van der Waals surface area contributed by atoms with E-state index >= 15 is 0 Å². The van der Waals surface area contributed by atoms with Crippen LogP contribution in [0.2, 0.25) is 0 Å². The van der Waals surface area contributed by atoms with Crippen molar-refractivity contribution >= 4 is 5.97 Å². The van der Waals surface area contributed by atoms with Gasteiger partial charge in [0.25, 0.3) is 0 Å². The van der Waals surface area contributed by atoms with Crippen LogP contribution in [0.5, 0.6) is 0 Å². The first-order valence-corrected chi connectivity index (χ1v) is 5.98. The van der Waals surface area contributed by atoms with Crippen molar-refractivity contribution in [2.24, 2.45) is 5.41 Å². The van der Waals surface area contributed by atoms with Crippen LogP contribution in [0.3, 0.4) is 0 Å². The molecule has 17 heavy (non-hydrogen) atoms. The minimum atomic E-state index is -1.13. The number of ether oxygens (including phenoxy) is 1. The Morgan fingerprint density at radius 1 is 0.882 bits per heavy atom. The molecule has 0 atom stereocenters. The summed E-state index contributed by atoms with van der Waals surface area (Å²) in [5.74, 6) is -0.424. The van der Waals surface area contributed by atoms with Gasteiger partial charge in [-0.1, -0.05) is 0 Å². The van der Waals surface area contributed by atoms with E-state index in [1.807, 2.05) is 0 Å². The number of carbonyl (C=O) groups excluding carboxylic acids is 1. The summed E-state index contributed by atoms with van der Waals surface area (Å²) < 4.78 is 4.80. The van der Waals surface area contributed by atoms with Crippen LogP contribution in [0.15, 0.2) is 0 Å². The third-order valence-corrected chi connectivity index (χ3v) is 4.60. The molecule has 96 valence electrons. The average molecular weight is 242 g/mol. The van der Waals surface area contributed by atoms with Gasteiger partial charge in [0.15, 0.2) is 0 Å². The van der Waals surface area contributed by atoms with Gasteiger partial charge in [-0.2, -0.15) is 0 Å². The third-order valence-electron chi connectivity index (χ3n) is 4.60. The van der Waals surface area contributed by atoms with Gasteiger partial charge in [0.2, 0.25) is 0 Å². The first-order valence-electron chi connectivity index (χ1n) is 5.98. The zero-order chi connectivity index (χ0) is 12.5. The van der Waals surface area contributed by atoms with Crippen LogP contribution >= 0.6 is 0 Å². The second kappa shape index (κ2) is 2.84. The van der Waals surface area contributed by atoms with E-state index in [0.29, 0.717) is 0 Å². The van der Waals surface area contributed by atoms with E-state index in [1.54, 1.807) is 0 Å². The van der Waals surface area contributed by atoms with Gasteiger partial charge < -0.3 is 20.1 Å². The number of aliphatic hydroxyl groups is 3. The molecule has 4 aliphatic rings. The summed E-state index contributed by atoms with van der Waals surface area (Å²) in [6.45, 7) is 0. The summed E-state index contributed by atoms with van der Waals surface area (Å²) in [6.07, 6.45) is 1.62. The molecule has 0 aromatic heterocycles. The smallest absolute Gasteiger partial charge is 0.312 e. The predicted octanol–water partition coefficient (Wildman–Crippen LogP) is -0.280. The van der Waals surface area contributed by atoms with E-state index in [-0.39, 0.29) is 38.5 Å². The van der Waals surface area contributed by atoms with Gasteiger partial charge in [-0.3, -0.25) is 4.79 Å². The molecule has 0 amide bonds. The minimum Gasteiger partial charge on any atom is -0.469 e. The van der Waals surface area contributed by atoms with E-state index in [4.69, 9.17) is 4.74 Å². The van der Waals surface area contributed by atoms with Gasteiger partial charge in [-0.15, -0.1) is 0 Å². The molecule has 5 heteroatoms. The van der Waals surface area contributed by atoms with Crippen LogP contribution in [0.1, 0.15) is 38.5 Å². The number of hydrogen-bond acceptors (Lipinski definition) is 5. The minimum absolute atomic E-state index is 0.251. The van der Waals surface area contributed by atoms with Gasteiger partial charge in [0.05, 0.1) is 29.3 Å². The Morgan fingerprint density at radius 2 is 1.24 bits per heavy atom. The lowest BCUT2D eigenvalue weighted by Crippen LogP contribution is -2.71. The van der Waals surface area contributed by atoms with E-state index in [0.717, 1.165) is 0 Å². The molecule has 0 aliphatic heterocycles. The van der Waals surface area contributed by atoms with Gasteiger partial charge >= 0.3 is 5.97 Å². The van der Waals surface area contributed by atoms with Crippen molar-refractivity contribution in [2.75, 3.05) is 7.11 Å². The summed E-state index contributed by atoms with van der Waals surface area (Å²) in [5, 5.41) is 31.2. The summed E-state index contributed by atoms with van der Waals surface area (Å²) in [5.41, 5.74) is -4.31. The van der Waals surface area contributed by atoms with Crippen LogP contribution in [0.4, 0.5) is 0 Å². The maximum Gasteiger partial charge on any atom is 0.312 e. The summed E-state index contributed by atoms with van der Waals surface area (Å²) in [6, 6.07) is 0. The topological polar surface area (TPSA) is 87.0 Å². The Morgan fingerprint density at radius 3 is 1.53 bits per heavy atom. The molecule has 0 radical (unpaired) electrons. The van der Waals surface area contributed by atoms with Gasteiger partial charge in [-0.05, 0) is 19.3 Å². The van der Waals surface area contributed by atoms with Crippen molar-refractivity contribution in [3.8, 4) is 0 Å². The number of hydrogen-bond donors (Lipinski definition) is 3. The maximum atomic E-state index is 11.9. The van der Waals surface area contributed by atoms with Crippen LogP contribution in [0.25, 0.3) is 0 Å². The van der Waals surface area contributed by atoms with Crippen molar-refractivity contribution in [3.05, 3.63) is 0 Å². The van der Waals surface area contributed by atoms with Crippen LogP contribution in [-0.4, -0.2) is 45.2 Å². The monoisotopic (exact) mass is 242 g/mol. The van der Waals surface area contributed by atoms with Gasteiger partial charge in [0.1, 0.15) is 0 Å². The Labute approximate surface area is 99.4 Å². The molecule has 0 heterocycles. The zero-order valence-corrected chi connectivity index (χ0v) is 9.90. The average Bonchev–Trinajstić information content (AvgIpc) is 2.08. The fraction of sp³-hybridized carbons (Fsp3) is 0.917. The third kappa shape index (κ3) is 1.46. The molecule has 4 aliphatic carbocycles. The lowest BCUT2D eigenvalue weighted by molar-refractivity contribution is -0.279. The second-order valence-corrected chi connectivity index (χ2v) is 6.51. The molecule has 3 N–H and O–H groups in total. The molecule has 4 bridgehead atoms. The predicted molar refractivity (Wildman–Crippen MR) is 57.0 cm³/mol. The number of methoxy groups -OCH3 is 1. The van der Waals surface area contributed by atoms with Crippen LogP contribution < -0.4 is 0 Å². The van der Waals surface area contributed by atoms with Crippen molar-refractivity contribution < 1.29 is 24.9 Å². The maximum absolute atomic E-state index is 11.9. The molecule has 4 fully saturated rings. The first-order chi connectivity index (χ1) is 7.72. The Kier molecular flexibility index (Phi) is 1.91. The standard InChI is InChI=1S/C12H18O5/c1-17-8(13)9-2-10(14)5-11(15,3-9)7-12(16,4-9)6-10/h14-16H,2-7H2,1H3. The molecule has 5 nitrogen and oxygen atoms in total. The molecule has 4 saturated carbocycles. The zero-order valence-electron chi connectivity index (χ0n) is 9.90. The highest BCUT2D eigenvalue weighted by Crippen LogP contribution is 2.64. The highest BCUT2D eigenvalue weighted by Gasteiger charge is 2.70. The molecular formula is C12H18O5. The summed E-state index contributed by atoms with van der Waals surface area (Å²) in [7, 11) is 1.30. The normalized spacial score (nSPS) is 56.0. The highest BCUT2D eigenvalue weighted by atomic mass is 16.5. The molecular weight excluding hydrogens is 224 g/mol. The Hall–Kier alpha value is -0.650. The SMILES string of the molecule is COC(=O)C12CC3(O)CC(O)(CC(O)(C3)C1)C2. The van der Waals surface area contributed by atoms with Crippen LogP contribution in [0, 0.1) is 5.41 Å². The van der Waals surface area contributed by atoms with Crippen molar-refractivity contribution in [1.82, 2.24) is 0 Å². The lowest BCUT2D eigenvalue weighted by Gasteiger charge is -2.64. The molecule has 0 aromatic rings. The lowest BCUT2D eigenvalue weighted by atomic mass is 9.44. The molecule has 0 saturated heterocycles. The molecule has 4 rings (SSSR count). The fourth-order valence-corrected chi connectivity index (χ4v) is 4.91. The van der Waals surface area contributed by atoms with Crippen molar-refractivity contribution in [2.45, 2.75) is 55.3 Å². The Bertz CT molecular complexity index is 337. The van der Waals surface area contributed by atoms with Gasteiger partial charge in [-0.25, -0.2) is 0 Å². The summed E-state index contributed by atoms with van der Waals surface area (Å²) in [4.78, 5) is 11.9. The molecule has 0 aromatic carbocycles. The number of carbonyl (C=O) groups is 1. The van der Waals surface area contributed by atoms with E-state index in [1.165, 1.54) is 7.11 Å². The highest BCUT2D eigenvalue weighted by molar-refractivity contribution is 5.78. The summed E-state index contributed by atoms with van der Waals surface area (Å²) >= 11 is 0. The number of esters is 1. The first kappa shape index (κ1) is 11.4. The van der Waals surface area contributed by atoms with E-state index in [2.05, 4.69) is 0 Å². The van der Waals surface area contributed by atoms with Crippen molar-refractivity contribution in [3.63, 3.8) is 0 Å². The fourth-order valence-electron chi connectivity index (χ4n) is 4.91. The van der Waals surface area contributed by atoms with Gasteiger partial charge in [0, 0.05) is 19.3 Å². The Balaban J connectivity index is 2.07. The molecule has 0 spiro atoms. The van der Waals surface area contributed by atoms with Crippen LogP contribution in [-0.2, 0) is 9.53 Å².